The molecule has 1 N–H and O–H groups in total. The van der Waals surface area contributed by atoms with Crippen LogP contribution in [-0.4, -0.2) is 33.4 Å². The molecule has 1 aromatic carbocycles. The van der Waals surface area contributed by atoms with E-state index >= 15 is 0 Å². The normalized spacial score (nSPS) is 20.1. The summed E-state index contributed by atoms with van der Waals surface area (Å²) in [6, 6.07) is 8.80. The molecule has 1 heterocycles. The van der Waals surface area contributed by atoms with Crippen molar-refractivity contribution >= 4 is 21.1 Å². The predicted molar refractivity (Wildman–Crippen MR) is 113 cm³/mol. The zero-order valence-electron chi connectivity index (χ0n) is 17.7. The summed E-state index contributed by atoms with van der Waals surface area (Å²) in [5, 5.41) is 0. The van der Waals surface area contributed by atoms with Crippen molar-refractivity contribution in [3.63, 3.8) is 0 Å². The quantitative estimate of drug-likeness (QED) is 0.503. The first-order valence-corrected chi connectivity index (χ1v) is 15.4. The molecule has 3 nitrogen and oxygen atoms in total. The Balaban J connectivity index is 0.000000794. The van der Waals surface area contributed by atoms with Crippen molar-refractivity contribution in [2.75, 3.05) is 13.1 Å². The third-order valence-corrected chi connectivity index (χ3v) is 7.51. The maximum absolute atomic E-state index is 12.5. The fourth-order valence-corrected chi connectivity index (χ4v) is 6.10. The summed E-state index contributed by atoms with van der Waals surface area (Å²) in [7, 11) is 0.417. The summed E-state index contributed by atoms with van der Waals surface area (Å²) in [6.45, 7) is 6.89. The summed E-state index contributed by atoms with van der Waals surface area (Å²) < 4.78 is 3.82. The van der Waals surface area contributed by atoms with Crippen molar-refractivity contribution in [3.05, 3.63) is 41.5 Å². The zero-order valence-corrected chi connectivity index (χ0v) is 22.2. The van der Waals surface area contributed by atoms with Crippen LogP contribution in [0.2, 0.25) is 13.1 Å². The number of benzene rings is 1. The van der Waals surface area contributed by atoms with Gasteiger partial charge in [0.1, 0.15) is 0 Å². The molecule has 7 heteroatoms. The summed E-state index contributed by atoms with van der Waals surface area (Å²) >= 11 is -0.533. The summed E-state index contributed by atoms with van der Waals surface area (Å²) in [4.78, 5) is 15.0. The van der Waals surface area contributed by atoms with Crippen molar-refractivity contribution in [2.24, 2.45) is 5.92 Å². The van der Waals surface area contributed by atoms with Crippen LogP contribution in [0.3, 0.4) is 0 Å². The van der Waals surface area contributed by atoms with Crippen LogP contribution in [0.4, 0.5) is 0 Å². The molecule has 29 heavy (non-hydrogen) atoms. The Morgan fingerprint density at radius 2 is 1.66 bits per heavy atom. The summed E-state index contributed by atoms with van der Waals surface area (Å²) in [6.07, 6.45) is 11.0. The molecule has 1 aliphatic heterocycles. The average molecular weight is 489 g/mol. The number of allylic oxidation sites excluding steroid dienone is 1. The average Bonchev–Trinajstić information content (AvgIpc) is 3.35. The van der Waals surface area contributed by atoms with Gasteiger partial charge < -0.3 is 24.8 Å². The van der Waals surface area contributed by atoms with E-state index < -0.39 is 19.4 Å². The predicted octanol–water partition coefficient (Wildman–Crippen LogP) is -1.87. The van der Waals surface area contributed by atoms with Gasteiger partial charge in [0.25, 0.3) is 0 Å². The maximum Gasteiger partial charge on any atom is -1.00 e. The number of amides is 1. The molecule has 1 atom stereocenters. The molecule has 2 fully saturated rings. The van der Waals surface area contributed by atoms with Gasteiger partial charge in [0.2, 0.25) is 0 Å². The number of nitrogens with one attached hydrogen (secondary N) is 1. The van der Waals surface area contributed by atoms with Gasteiger partial charge in [0.15, 0.2) is 0 Å². The number of likely N-dealkylation sites (tertiary alicyclic amines) is 1. The smallest absolute Gasteiger partial charge is 1.00 e. The van der Waals surface area contributed by atoms with Crippen molar-refractivity contribution in [1.82, 2.24) is 8.70 Å². The van der Waals surface area contributed by atoms with Gasteiger partial charge >= 0.3 is 154 Å². The van der Waals surface area contributed by atoms with E-state index in [-0.39, 0.29) is 30.7 Å². The van der Waals surface area contributed by atoms with Gasteiger partial charge in [0, 0.05) is 9.52 Å². The van der Waals surface area contributed by atoms with Crippen LogP contribution in [-0.2, 0) is 24.2 Å². The second-order valence-electron chi connectivity index (χ2n) is 7.99. The van der Waals surface area contributed by atoms with E-state index in [0.717, 1.165) is 12.8 Å². The Labute approximate surface area is 200 Å². The molecule has 160 valence electrons. The molecule has 1 aromatic rings. The minimum absolute atomic E-state index is 0. The molecule has 4 rings (SSSR count). The summed E-state index contributed by atoms with van der Waals surface area (Å²) in [5.74, 6) is 0.608. The molecule has 1 saturated carbocycles. The molecule has 2 aliphatic carbocycles. The molecule has 1 saturated heterocycles. The third-order valence-electron chi connectivity index (χ3n) is 5.67. The van der Waals surface area contributed by atoms with Crippen LogP contribution < -0.4 is 28.6 Å². The van der Waals surface area contributed by atoms with Crippen molar-refractivity contribution in [3.8, 4) is 0 Å². The van der Waals surface area contributed by atoms with Gasteiger partial charge in [-0.25, -0.2) is 0 Å². The largest absolute Gasteiger partial charge is 1.00 e. The van der Waals surface area contributed by atoms with E-state index in [9.17, 15) is 4.79 Å². The van der Waals surface area contributed by atoms with Crippen molar-refractivity contribution < 1.29 is 49.0 Å². The van der Waals surface area contributed by atoms with Crippen LogP contribution in [0, 0.1) is 5.92 Å². The fourth-order valence-electron chi connectivity index (χ4n) is 4.31. The van der Waals surface area contributed by atoms with Crippen LogP contribution in [0.1, 0.15) is 60.3 Å². The first kappa shape index (κ1) is 26.8. The Morgan fingerprint density at radius 1 is 1.03 bits per heavy atom. The number of rotatable bonds is 4. The number of carbonyl (C=O) groups excluding carboxylic acids is 1. The van der Waals surface area contributed by atoms with E-state index in [1.54, 1.807) is 0 Å². The maximum atomic E-state index is 12.5. The standard InChI is InChI=1S/C13H14N.C7H13NO.C2H8Si.2ClH.Ti/c1-2-6-12-11(5-1)7-8-13(12)14-9-3-4-10-14;8-7(9)6-4-2-1-3-5-6;1-3-2;;;/h1-2,5-8H,3-4,9-10H2;6H,1-5H2,(H2,8,9);3H2,1-2H3;2*1H;/q;;;;;+3/p-3. The zero-order chi connectivity index (χ0) is 19.1. The molecule has 3 aliphatic rings. The summed E-state index contributed by atoms with van der Waals surface area (Å²) in [5.41, 5.74) is 4.26. The molecule has 0 radical (unpaired) electrons. The number of nitrogens with zero attached hydrogens (tertiary/aromatic N) is 1. The number of carbonyl (C=O) groups is 1. The first-order chi connectivity index (χ1) is 13.2. The SMILES string of the molecule is C[SiH2]C.O=C([NH][Ti+2][CH]1C=C(N2CCCC2)c2ccccc21)C1CCCCC1.[Cl-].[Cl-]. The molecule has 0 bridgehead atoms. The number of hydrogen-bond donors (Lipinski definition) is 1. The van der Waals surface area contributed by atoms with Crippen LogP contribution >= 0.6 is 0 Å². The minimum Gasteiger partial charge on any atom is -1.00 e. The van der Waals surface area contributed by atoms with E-state index in [0.29, 0.717) is 19.6 Å². The fraction of sp³-hybridized carbons (Fsp3) is 0.591. The van der Waals surface area contributed by atoms with E-state index in [1.165, 1.54) is 62.0 Å². The van der Waals surface area contributed by atoms with E-state index in [1.807, 2.05) is 0 Å². The van der Waals surface area contributed by atoms with Gasteiger partial charge in [-0.05, 0) is 0 Å². The van der Waals surface area contributed by atoms with Crippen molar-refractivity contribution in [1.29, 1.82) is 0 Å². The second-order valence-corrected chi connectivity index (χ2v) is 11.2. The van der Waals surface area contributed by atoms with E-state index in [4.69, 9.17) is 0 Å². The van der Waals surface area contributed by atoms with E-state index in [2.05, 4.69) is 52.1 Å². The Morgan fingerprint density at radius 3 is 2.31 bits per heavy atom. The number of fused-ring (bicyclic) bond motifs is 1. The monoisotopic (exact) mass is 488 g/mol. The minimum atomic E-state index is -0.533. The van der Waals surface area contributed by atoms with Crippen molar-refractivity contribution in [2.45, 2.75) is 62.3 Å². The van der Waals surface area contributed by atoms with Gasteiger partial charge in [-0.15, -0.1) is 0 Å². The van der Waals surface area contributed by atoms with Gasteiger partial charge in [-0.2, -0.15) is 0 Å². The Hall–Kier alpha value is -0.259. The Bertz CT molecular complexity index is 662. The molecular formula is C22H34Cl2N2OSiTi. The van der Waals surface area contributed by atoms with Gasteiger partial charge in [-0.1, -0.05) is 13.1 Å². The number of hydrogen-bond acceptors (Lipinski definition) is 2. The Kier molecular flexibility index (Phi) is 12.9. The first-order valence-electron chi connectivity index (χ1n) is 10.9. The third kappa shape index (κ3) is 7.14. The molecule has 0 spiro atoms. The molecule has 1 unspecified atom stereocenters. The molecule has 1 amide bonds. The number of halogens is 2. The van der Waals surface area contributed by atoms with Crippen LogP contribution in [0.25, 0.3) is 5.70 Å². The van der Waals surface area contributed by atoms with Crippen LogP contribution in [0.5, 0.6) is 0 Å². The topological polar surface area (TPSA) is 32.3 Å². The molecular weight excluding hydrogens is 455 g/mol. The molecule has 0 aromatic heterocycles. The van der Waals surface area contributed by atoms with Gasteiger partial charge in [0.05, 0.1) is 0 Å². The van der Waals surface area contributed by atoms with Gasteiger partial charge in [-0.3, -0.25) is 0 Å². The second kappa shape index (κ2) is 13.9. The van der Waals surface area contributed by atoms with Crippen LogP contribution in [0.15, 0.2) is 30.3 Å².